The number of hydrogen-bond donors (Lipinski definition) is 1. The molecule has 1 aromatic rings. The molecule has 6 heteroatoms. The van der Waals surface area contributed by atoms with E-state index < -0.39 is 5.97 Å². The standard InChI is InChI=1S/C18H22N2O4/c21-17-11-24-16-10-19(9-15(16)20(17)8-13-1-2-13)7-12-3-5-14(6-4-12)18(22)23/h3-6,13,15-16H,1-2,7-11H2,(H,22,23)/t15-,16+/m1/s1. The molecule has 3 aliphatic rings. The Kier molecular flexibility index (Phi) is 4.02. The second-order valence-electron chi connectivity index (χ2n) is 7.10. The fourth-order valence-corrected chi connectivity index (χ4v) is 3.70. The lowest BCUT2D eigenvalue weighted by Gasteiger charge is -2.36. The first-order chi connectivity index (χ1) is 11.6. The normalized spacial score (nSPS) is 27.3. The first kappa shape index (κ1) is 15.6. The van der Waals surface area contributed by atoms with Crippen molar-refractivity contribution in [3.63, 3.8) is 0 Å². The molecule has 0 aromatic heterocycles. The van der Waals surface area contributed by atoms with Gasteiger partial charge >= 0.3 is 5.97 Å². The Morgan fingerprint density at radius 1 is 1.21 bits per heavy atom. The molecule has 128 valence electrons. The Labute approximate surface area is 141 Å². The quantitative estimate of drug-likeness (QED) is 0.879. The van der Waals surface area contributed by atoms with E-state index in [-0.39, 0.29) is 24.7 Å². The lowest BCUT2D eigenvalue weighted by atomic mass is 10.1. The molecule has 0 radical (unpaired) electrons. The van der Waals surface area contributed by atoms with Crippen LogP contribution in [-0.2, 0) is 16.1 Å². The van der Waals surface area contributed by atoms with Crippen LogP contribution in [0, 0.1) is 5.92 Å². The van der Waals surface area contributed by atoms with E-state index in [1.807, 2.05) is 17.0 Å². The number of fused-ring (bicyclic) bond motifs is 1. The molecule has 4 rings (SSSR count). The molecule has 1 saturated carbocycles. The molecule has 0 bridgehead atoms. The van der Waals surface area contributed by atoms with Crippen LogP contribution in [0.2, 0.25) is 0 Å². The van der Waals surface area contributed by atoms with E-state index in [0.717, 1.165) is 31.7 Å². The summed E-state index contributed by atoms with van der Waals surface area (Å²) in [5.74, 6) is -0.0995. The van der Waals surface area contributed by atoms with Gasteiger partial charge in [-0.3, -0.25) is 9.69 Å². The smallest absolute Gasteiger partial charge is 0.335 e. The third kappa shape index (κ3) is 3.16. The molecule has 2 atom stereocenters. The van der Waals surface area contributed by atoms with Crippen LogP contribution in [0.1, 0.15) is 28.8 Å². The maximum Gasteiger partial charge on any atom is 0.335 e. The van der Waals surface area contributed by atoms with Crippen molar-refractivity contribution in [2.45, 2.75) is 31.5 Å². The zero-order chi connectivity index (χ0) is 16.7. The van der Waals surface area contributed by atoms with Gasteiger partial charge in [0.1, 0.15) is 6.61 Å². The van der Waals surface area contributed by atoms with Crippen molar-refractivity contribution in [1.82, 2.24) is 9.80 Å². The molecule has 6 nitrogen and oxygen atoms in total. The molecule has 3 fully saturated rings. The van der Waals surface area contributed by atoms with Crippen molar-refractivity contribution in [3.05, 3.63) is 35.4 Å². The van der Waals surface area contributed by atoms with Gasteiger partial charge in [-0.25, -0.2) is 4.79 Å². The SMILES string of the molecule is O=C(O)c1ccc(CN2C[C@@H]3OCC(=O)N(CC4CC4)[C@@H]3C2)cc1. The Balaban J connectivity index is 1.41. The molecular formula is C18H22N2O4. The van der Waals surface area contributed by atoms with Gasteiger partial charge in [-0.05, 0) is 36.5 Å². The summed E-state index contributed by atoms with van der Waals surface area (Å²) in [7, 11) is 0. The van der Waals surface area contributed by atoms with Crippen molar-refractivity contribution in [3.8, 4) is 0 Å². The summed E-state index contributed by atoms with van der Waals surface area (Å²) >= 11 is 0. The molecule has 2 aliphatic heterocycles. The molecule has 2 saturated heterocycles. The minimum absolute atomic E-state index is 0.0970. The fourth-order valence-electron chi connectivity index (χ4n) is 3.70. The highest BCUT2D eigenvalue weighted by Crippen LogP contribution is 2.33. The van der Waals surface area contributed by atoms with Gasteiger partial charge in [0.05, 0.1) is 17.7 Å². The number of aromatic carboxylic acids is 1. The molecule has 24 heavy (non-hydrogen) atoms. The van der Waals surface area contributed by atoms with Gasteiger partial charge in [0, 0.05) is 26.2 Å². The number of carboxylic acids is 1. The number of hydrogen-bond acceptors (Lipinski definition) is 4. The Hall–Kier alpha value is -1.92. The Bertz CT molecular complexity index is 641. The van der Waals surface area contributed by atoms with E-state index in [0.29, 0.717) is 11.5 Å². The van der Waals surface area contributed by atoms with Crippen molar-refractivity contribution in [2.75, 3.05) is 26.2 Å². The van der Waals surface area contributed by atoms with Crippen LogP contribution in [0.15, 0.2) is 24.3 Å². The second kappa shape index (κ2) is 6.18. The molecule has 1 N–H and O–H groups in total. The molecular weight excluding hydrogens is 308 g/mol. The van der Waals surface area contributed by atoms with E-state index >= 15 is 0 Å². The first-order valence-corrected chi connectivity index (χ1v) is 8.56. The zero-order valence-corrected chi connectivity index (χ0v) is 13.6. The summed E-state index contributed by atoms with van der Waals surface area (Å²) in [6.07, 6.45) is 2.57. The monoisotopic (exact) mass is 330 g/mol. The van der Waals surface area contributed by atoms with Crippen molar-refractivity contribution >= 4 is 11.9 Å². The van der Waals surface area contributed by atoms with E-state index in [1.165, 1.54) is 12.8 Å². The highest BCUT2D eigenvalue weighted by atomic mass is 16.5. The zero-order valence-electron chi connectivity index (χ0n) is 13.6. The number of carbonyl (C=O) groups excluding carboxylic acids is 1. The van der Waals surface area contributed by atoms with Crippen molar-refractivity contribution in [2.24, 2.45) is 5.92 Å². The topological polar surface area (TPSA) is 70.1 Å². The molecule has 0 unspecified atom stereocenters. The van der Waals surface area contributed by atoms with Crippen molar-refractivity contribution < 1.29 is 19.4 Å². The van der Waals surface area contributed by atoms with Crippen LogP contribution >= 0.6 is 0 Å². The van der Waals surface area contributed by atoms with E-state index in [2.05, 4.69) is 4.90 Å². The van der Waals surface area contributed by atoms with Crippen LogP contribution in [0.25, 0.3) is 0 Å². The third-order valence-electron chi connectivity index (χ3n) is 5.21. The summed E-state index contributed by atoms with van der Waals surface area (Å²) < 4.78 is 5.75. The Morgan fingerprint density at radius 3 is 2.62 bits per heavy atom. The number of carbonyl (C=O) groups is 2. The maximum atomic E-state index is 12.2. The van der Waals surface area contributed by atoms with Crippen LogP contribution in [0.4, 0.5) is 0 Å². The largest absolute Gasteiger partial charge is 0.478 e. The summed E-state index contributed by atoms with van der Waals surface area (Å²) in [4.78, 5) is 27.5. The predicted molar refractivity (Wildman–Crippen MR) is 86.6 cm³/mol. The maximum absolute atomic E-state index is 12.2. The van der Waals surface area contributed by atoms with Gasteiger partial charge in [-0.2, -0.15) is 0 Å². The summed E-state index contributed by atoms with van der Waals surface area (Å²) in [5, 5.41) is 8.97. The van der Waals surface area contributed by atoms with Crippen molar-refractivity contribution in [1.29, 1.82) is 0 Å². The van der Waals surface area contributed by atoms with Crippen LogP contribution < -0.4 is 0 Å². The number of morpholine rings is 1. The summed E-state index contributed by atoms with van der Waals surface area (Å²) in [5.41, 5.74) is 1.39. The van der Waals surface area contributed by atoms with Gasteiger partial charge in [0.2, 0.25) is 5.91 Å². The average Bonchev–Trinajstić information content (AvgIpc) is 3.29. The fraction of sp³-hybridized carbons (Fsp3) is 0.556. The van der Waals surface area contributed by atoms with Gasteiger partial charge in [-0.1, -0.05) is 12.1 Å². The Morgan fingerprint density at radius 2 is 1.96 bits per heavy atom. The highest BCUT2D eigenvalue weighted by molar-refractivity contribution is 5.87. The van der Waals surface area contributed by atoms with Crippen LogP contribution in [0.3, 0.4) is 0 Å². The molecule has 1 amide bonds. The first-order valence-electron chi connectivity index (χ1n) is 8.56. The lowest BCUT2D eigenvalue weighted by Crippen LogP contribution is -2.54. The lowest BCUT2D eigenvalue weighted by molar-refractivity contribution is -0.153. The number of nitrogens with zero attached hydrogens (tertiary/aromatic N) is 2. The highest BCUT2D eigenvalue weighted by Gasteiger charge is 2.44. The van der Waals surface area contributed by atoms with Gasteiger partial charge in [0.15, 0.2) is 0 Å². The van der Waals surface area contributed by atoms with Gasteiger partial charge in [-0.15, -0.1) is 0 Å². The van der Waals surface area contributed by atoms with E-state index in [4.69, 9.17) is 9.84 Å². The minimum atomic E-state index is -0.906. The third-order valence-corrected chi connectivity index (χ3v) is 5.21. The minimum Gasteiger partial charge on any atom is -0.478 e. The summed E-state index contributed by atoms with van der Waals surface area (Å²) in [6, 6.07) is 7.16. The summed E-state index contributed by atoms with van der Waals surface area (Å²) in [6.45, 7) is 3.48. The van der Waals surface area contributed by atoms with E-state index in [1.54, 1.807) is 12.1 Å². The number of benzene rings is 1. The number of rotatable bonds is 5. The predicted octanol–water partition coefficient (Wildman–Crippen LogP) is 1.21. The molecule has 2 heterocycles. The number of ether oxygens (including phenoxy) is 1. The molecule has 1 aliphatic carbocycles. The van der Waals surface area contributed by atoms with Crippen LogP contribution in [-0.4, -0.2) is 65.2 Å². The van der Waals surface area contributed by atoms with Gasteiger partial charge in [0.25, 0.3) is 0 Å². The second-order valence-corrected chi connectivity index (χ2v) is 7.10. The van der Waals surface area contributed by atoms with E-state index in [9.17, 15) is 9.59 Å². The molecule has 0 spiro atoms. The average molecular weight is 330 g/mol. The van der Waals surface area contributed by atoms with Gasteiger partial charge < -0.3 is 14.7 Å². The number of amides is 1. The molecule has 1 aromatic carbocycles. The number of likely N-dealkylation sites (tertiary alicyclic amines) is 1. The number of carboxylic acid groups (broad SMARTS) is 1. The van der Waals surface area contributed by atoms with Crippen LogP contribution in [0.5, 0.6) is 0 Å².